The molecule has 0 spiro atoms. The summed E-state index contributed by atoms with van der Waals surface area (Å²) in [6.45, 7) is 0. The lowest BCUT2D eigenvalue weighted by molar-refractivity contribution is -0.385. The molecule has 0 amide bonds. The molecule has 1 rings (SSSR count). The SMILES string of the molecule is COc1cc(I)c(C(=O)CBr)cc1[N+](=O)[O-]. The van der Waals surface area contributed by atoms with Crippen molar-refractivity contribution in [2.24, 2.45) is 0 Å². The van der Waals surface area contributed by atoms with Gasteiger partial charge in [-0.05, 0) is 22.6 Å². The van der Waals surface area contributed by atoms with Crippen molar-refractivity contribution in [3.8, 4) is 5.75 Å². The highest BCUT2D eigenvalue weighted by atomic mass is 127. The van der Waals surface area contributed by atoms with E-state index in [2.05, 4.69) is 15.9 Å². The number of halogens is 2. The van der Waals surface area contributed by atoms with Crippen molar-refractivity contribution in [1.29, 1.82) is 0 Å². The predicted octanol–water partition coefficient (Wildman–Crippen LogP) is 2.79. The van der Waals surface area contributed by atoms with E-state index in [0.717, 1.165) is 0 Å². The van der Waals surface area contributed by atoms with Gasteiger partial charge in [0, 0.05) is 21.3 Å². The van der Waals surface area contributed by atoms with Crippen molar-refractivity contribution in [3.05, 3.63) is 31.4 Å². The van der Waals surface area contributed by atoms with E-state index in [1.54, 1.807) is 0 Å². The number of rotatable bonds is 4. The van der Waals surface area contributed by atoms with Gasteiger partial charge in [-0.2, -0.15) is 0 Å². The number of ketones is 1. The number of methoxy groups -OCH3 is 1. The van der Waals surface area contributed by atoms with Crippen LogP contribution in [0.25, 0.3) is 0 Å². The molecule has 0 heterocycles. The molecule has 0 N–H and O–H groups in total. The number of Topliss-reactive ketones (excluding diaryl/α,β-unsaturated/α-hetero) is 1. The van der Waals surface area contributed by atoms with Gasteiger partial charge >= 0.3 is 5.69 Å². The number of nitrogens with zero attached hydrogens (tertiary/aromatic N) is 1. The standard InChI is InChI=1S/C9H7BrINO4/c1-16-9-3-6(11)5(8(13)4-10)2-7(9)12(14)15/h2-3H,4H2,1H3. The molecule has 0 radical (unpaired) electrons. The number of nitro benzene ring substituents is 1. The first-order valence-corrected chi connectivity index (χ1v) is 6.32. The molecule has 0 aromatic heterocycles. The van der Waals surface area contributed by atoms with E-state index in [1.807, 2.05) is 22.6 Å². The van der Waals surface area contributed by atoms with Gasteiger partial charge in [-0.15, -0.1) is 0 Å². The number of nitro groups is 1. The van der Waals surface area contributed by atoms with Gasteiger partial charge < -0.3 is 4.74 Å². The van der Waals surface area contributed by atoms with E-state index in [9.17, 15) is 14.9 Å². The molecule has 0 saturated heterocycles. The molecule has 7 heteroatoms. The van der Waals surface area contributed by atoms with Gasteiger partial charge in [0.25, 0.3) is 0 Å². The topological polar surface area (TPSA) is 69.4 Å². The Morgan fingerprint density at radius 3 is 2.69 bits per heavy atom. The molecule has 0 aliphatic rings. The summed E-state index contributed by atoms with van der Waals surface area (Å²) in [5, 5.41) is 10.9. The maximum absolute atomic E-state index is 11.5. The molecule has 0 fully saturated rings. The largest absolute Gasteiger partial charge is 0.490 e. The van der Waals surface area contributed by atoms with E-state index in [4.69, 9.17) is 4.74 Å². The molecule has 5 nitrogen and oxygen atoms in total. The van der Waals surface area contributed by atoms with Crippen LogP contribution in [0.3, 0.4) is 0 Å². The first kappa shape index (κ1) is 13.4. The van der Waals surface area contributed by atoms with Crippen molar-refractivity contribution < 1.29 is 14.5 Å². The van der Waals surface area contributed by atoms with Crippen LogP contribution >= 0.6 is 38.5 Å². The molecule has 0 bridgehead atoms. The molecule has 1 aromatic rings. The van der Waals surface area contributed by atoms with Crippen LogP contribution in [-0.4, -0.2) is 23.1 Å². The normalized spacial score (nSPS) is 9.94. The number of alkyl halides is 1. The number of ether oxygens (including phenoxy) is 1. The van der Waals surface area contributed by atoms with Crippen molar-refractivity contribution in [1.82, 2.24) is 0 Å². The predicted molar refractivity (Wildman–Crippen MR) is 70.5 cm³/mol. The minimum Gasteiger partial charge on any atom is -0.490 e. The number of carbonyl (C=O) groups is 1. The van der Waals surface area contributed by atoms with Crippen LogP contribution in [0.4, 0.5) is 5.69 Å². The number of benzene rings is 1. The second-order valence-electron chi connectivity index (χ2n) is 2.82. The van der Waals surface area contributed by atoms with Gasteiger partial charge in [-0.1, -0.05) is 15.9 Å². The Balaban J connectivity index is 3.38. The Labute approximate surface area is 114 Å². The highest BCUT2D eigenvalue weighted by molar-refractivity contribution is 14.1. The van der Waals surface area contributed by atoms with Crippen LogP contribution in [0.2, 0.25) is 0 Å². The van der Waals surface area contributed by atoms with Gasteiger partial charge in [-0.3, -0.25) is 14.9 Å². The van der Waals surface area contributed by atoms with Gasteiger partial charge in [0.05, 0.1) is 17.4 Å². The summed E-state index contributed by atoms with van der Waals surface area (Å²) in [5.74, 6) is -0.0457. The first-order chi connectivity index (χ1) is 7.51. The van der Waals surface area contributed by atoms with Crippen LogP contribution < -0.4 is 4.74 Å². The summed E-state index contributed by atoms with van der Waals surface area (Å²) in [4.78, 5) is 21.7. The molecule has 0 aliphatic carbocycles. The van der Waals surface area contributed by atoms with Crippen LogP contribution in [0.15, 0.2) is 12.1 Å². The third-order valence-corrected chi connectivity index (χ3v) is 3.29. The summed E-state index contributed by atoms with van der Waals surface area (Å²) in [6.07, 6.45) is 0. The zero-order valence-electron chi connectivity index (χ0n) is 8.20. The average molecular weight is 400 g/mol. The molecule has 0 unspecified atom stereocenters. The summed E-state index contributed by atoms with van der Waals surface area (Å²) < 4.78 is 5.52. The summed E-state index contributed by atoms with van der Waals surface area (Å²) in [5.41, 5.74) is 0.122. The van der Waals surface area contributed by atoms with Crippen molar-refractivity contribution >= 4 is 50.0 Å². The van der Waals surface area contributed by atoms with Gasteiger partial charge in [0.2, 0.25) is 0 Å². The Kier molecular flexibility index (Phi) is 4.66. The molecule has 86 valence electrons. The van der Waals surface area contributed by atoms with Gasteiger partial charge in [0.15, 0.2) is 11.5 Å². The Bertz CT molecular complexity index is 449. The fourth-order valence-corrected chi connectivity index (χ4v) is 2.18. The molecule has 0 aliphatic heterocycles. The minimum absolute atomic E-state index is 0.131. The maximum Gasteiger partial charge on any atom is 0.311 e. The number of hydrogen-bond donors (Lipinski definition) is 0. The van der Waals surface area contributed by atoms with Crippen molar-refractivity contribution in [3.63, 3.8) is 0 Å². The van der Waals surface area contributed by atoms with Crippen molar-refractivity contribution in [2.75, 3.05) is 12.4 Å². The highest BCUT2D eigenvalue weighted by Gasteiger charge is 2.20. The summed E-state index contributed by atoms with van der Waals surface area (Å²) >= 11 is 4.97. The fourth-order valence-electron chi connectivity index (χ4n) is 1.14. The Morgan fingerprint density at radius 2 is 2.25 bits per heavy atom. The first-order valence-electron chi connectivity index (χ1n) is 4.12. The minimum atomic E-state index is -0.570. The quantitative estimate of drug-likeness (QED) is 0.256. The van der Waals surface area contributed by atoms with Crippen LogP contribution in [0.5, 0.6) is 5.75 Å². The Morgan fingerprint density at radius 1 is 1.62 bits per heavy atom. The number of carbonyl (C=O) groups excluding carboxylic acids is 1. The second-order valence-corrected chi connectivity index (χ2v) is 4.54. The van der Waals surface area contributed by atoms with E-state index in [-0.39, 0.29) is 22.6 Å². The number of hydrogen-bond acceptors (Lipinski definition) is 4. The molecular weight excluding hydrogens is 393 g/mol. The lowest BCUT2D eigenvalue weighted by Gasteiger charge is -2.06. The molecule has 0 saturated carbocycles. The Hall–Kier alpha value is -0.700. The van der Waals surface area contributed by atoms with Crippen LogP contribution in [0, 0.1) is 13.7 Å². The van der Waals surface area contributed by atoms with Gasteiger partial charge in [0.1, 0.15) is 0 Å². The zero-order chi connectivity index (χ0) is 12.3. The third kappa shape index (κ3) is 2.70. The summed E-state index contributed by atoms with van der Waals surface area (Å²) in [6, 6.07) is 2.72. The maximum atomic E-state index is 11.5. The molecule has 0 atom stereocenters. The fraction of sp³-hybridized carbons (Fsp3) is 0.222. The highest BCUT2D eigenvalue weighted by Crippen LogP contribution is 2.31. The smallest absolute Gasteiger partial charge is 0.311 e. The van der Waals surface area contributed by atoms with E-state index >= 15 is 0 Å². The monoisotopic (exact) mass is 399 g/mol. The van der Waals surface area contributed by atoms with Crippen molar-refractivity contribution in [2.45, 2.75) is 0 Å². The lowest BCUT2D eigenvalue weighted by atomic mass is 10.1. The van der Waals surface area contributed by atoms with Crippen LogP contribution in [-0.2, 0) is 0 Å². The van der Waals surface area contributed by atoms with Crippen LogP contribution in [0.1, 0.15) is 10.4 Å². The molecular formula is C9H7BrINO4. The molecule has 1 aromatic carbocycles. The lowest BCUT2D eigenvalue weighted by Crippen LogP contribution is -2.05. The average Bonchev–Trinajstić information content (AvgIpc) is 2.27. The van der Waals surface area contributed by atoms with E-state index < -0.39 is 4.92 Å². The van der Waals surface area contributed by atoms with E-state index in [0.29, 0.717) is 9.13 Å². The van der Waals surface area contributed by atoms with Gasteiger partial charge in [-0.25, -0.2) is 0 Å². The molecule has 16 heavy (non-hydrogen) atoms. The van der Waals surface area contributed by atoms with E-state index in [1.165, 1.54) is 19.2 Å². The zero-order valence-corrected chi connectivity index (χ0v) is 11.9. The second kappa shape index (κ2) is 5.58. The third-order valence-electron chi connectivity index (χ3n) is 1.89. The summed E-state index contributed by atoms with van der Waals surface area (Å²) in [7, 11) is 1.35.